The van der Waals surface area contributed by atoms with Crippen molar-refractivity contribution in [1.82, 2.24) is 4.98 Å². The molecule has 0 saturated carbocycles. The Morgan fingerprint density at radius 2 is 1.68 bits per heavy atom. The van der Waals surface area contributed by atoms with Gasteiger partial charge in [-0.05, 0) is 23.7 Å². The zero-order chi connectivity index (χ0) is 18.0. The second-order valence-electron chi connectivity index (χ2n) is 4.97. The summed E-state index contributed by atoms with van der Waals surface area (Å²) in [5.74, 6) is -0.516. The minimum Gasteiger partial charge on any atom is -0.287 e. The van der Waals surface area contributed by atoms with Gasteiger partial charge in [-0.2, -0.15) is 0 Å². The molecule has 25 heavy (non-hydrogen) atoms. The van der Waals surface area contributed by atoms with Gasteiger partial charge < -0.3 is 0 Å². The Hall–Kier alpha value is -2.90. The number of nitro benzene ring substituents is 1. The van der Waals surface area contributed by atoms with Crippen molar-refractivity contribution in [2.75, 3.05) is 0 Å². The number of hydrogen-bond donors (Lipinski definition) is 0. The van der Waals surface area contributed by atoms with E-state index in [1.165, 1.54) is 24.3 Å². The number of nitro groups is 1. The van der Waals surface area contributed by atoms with Crippen LogP contribution >= 0.6 is 22.9 Å². The van der Waals surface area contributed by atoms with E-state index in [4.69, 9.17) is 11.6 Å². The van der Waals surface area contributed by atoms with Gasteiger partial charge in [0.2, 0.25) is 5.78 Å². The molecule has 3 rings (SSSR count). The average molecular weight is 373 g/mol. The summed E-state index contributed by atoms with van der Waals surface area (Å²) in [6.07, 6.45) is 0. The second-order valence-corrected chi connectivity index (χ2v) is 6.31. The third kappa shape index (κ3) is 3.47. The Morgan fingerprint density at radius 3 is 2.24 bits per heavy atom. The van der Waals surface area contributed by atoms with E-state index in [0.717, 1.165) is 16.9 Å². The van der Waals surface area contributed by atoms with E-state index in [1.807, 2.05) is 18.2 Å². The van der Waals surface area contributed by atoms with Crippen LogP contribution in [0.5, 0.6) is 0 Å². The van der Waals surface area contributed by atoms with Crippen molar-refractivity contribution in [2.24, 2.45) is 0 Å². The highest BCUT2D eigenvalue weighted by Gasteiger charge is 2.24. The molecule has 0 fully saturated rings. The lowest BCUT2D eigenvalue weighted by Crippen LogP contribution is -2.06. The SMILES string of the molecule is O=C(c1ccc([N+](=O)[O-])cc1)c1nc(-c2ccccc2)sc1C(=O)Cl. The molecule has 0 bridgehead atoms. The Balaban J connectivity index is 2.03. The van der Waals surface area contributed by atoms with Crippen molar-refractivity contribution in [1.29, 1.82) is 0 Å². The molecule has 0 aliphatic carbocycles. The topological polar surface area (TPSA) is 90.2 Å². The molecule has 0 saturated heterocycles. The Morgan fingerprint density at radius 1 is 1.04 bits per heavy atom. The number of benzene rings is 2. The number of rotatable bonds is 5. The fourth-order valence-corrected chi connectivity index (χ4v) is 3.29. The average Bonchev–Trinajstić information content (AvgIpc) is 3.07. The fraction of sp³-hybridized carbons (Fsp3) is 0. The lowest BCUT2D eigenvalue weighted by atomic mass is 10.1. The number of hydrogen-bond acceptors (Lipinski definition) is 6. The Bertz CT molecular complexity index is 968. The molecule has 0 radical (unpaired) electrons. The van der Waals surface area contributed by atoms with E-state index >= 15 is 0 Å². The van der Waals surface area contributed by atoms with Gasteiger partial charge >= 0.3 is 0 Å². The molecule has 0 unspecified atom stereocenters. The number of aromatic nitrogens is 1. The summed E-state index contributed by atoms with van der Waals surface area (Å²) < 4.78 is 0. The van der Waals surface area contributed by atoms with Crippen molar-refractivity contribution in [3.8, 4) is 10.6 Å². The van der Waals surface area contributed by atoms with Crippen LogP contribution in [-0.2, 0) is 0 Å². The van der Waals surface area contributed by atoms with Crippen LogP contribution in [-0.4, -0.2) is 20.9 Å². The molecule has 0 amide bonds. The molecule has 1 aromatic heterocycles. The zero-order valence-corrected chi connectivity index (χ0v) is 14.1. The van der Waals surface area contributed by atoms with Gasteiger partial charge in [0.1, 0.15) is 15.6 Å². The Labute approximate surface area is 150 Å². The van der Waals surface area contributed by atoms with Crippen LogP contribution in [0, 0.1) is 10.1 Å². The number of nitrogens with zero attached hydrogens (tertiary/aromatic N) is 2. The Kier molecular flexibility index (Phi) is 4.69. The van der Waals surface area contributed by atoms with Gasteiger partial charge in [-0.1, -0.05) is 30.3 Å². The fourth-order valence-electron chi connectivity index (χ4n) is 2.18. The maximum Gasteiger partial charge on any atom is 0.269 e. The maximum atomic E-state index is 12.7. The van der Waals surface area contributed by atoms with Crippen LogP contribution in [0.25, 0.3) is 10.6 Å². The first-order valence-corrected chi connectivity index (χ1v) is 8.22. The number of ketones is 1. The van der Waals surface area contributed by atoms with E-state index in [2.05, 4.69) is 4.98 Å². The number of thiazole rings is 1. The summed E-state index contributed by atoms with van der Waals surface area (Å²) in [6.45, 7) is 0. The van der Waals surface area contributed by atoms with Gasteiger partial charge in [0.05, 0.1) is 4.92 Å². The van der Waals surface area contributed by atoms with Gasteiger partial charge in [-0.3, -0.25) is 19.7 Å². The first-order valence-electron chi connectivity index (χ1n) is 7.02. The van der Waals surface area contributed by atoms with Crippen molar-refractivity contribution in [3.63, 3.8) is 0 Å². The van der Waals surface area contributed by atoms with E-state index in [-0.39, 0.29) is 21.8 Å². The maximum absolute atomic E-state index is 12.7. The van der Waals surface area contributed by atoms with E-state index in [9.17, 15) is 19.7 Å². The molecule has 1 heterocycles. The molecule has 0 atom stereocenters. The highest BCUT2D eigenvalue weighted by molar-refractivity contribution is 7.18. The van der Waals surface area contributed by atoms with Gasteiger partial charge in [0.15, 0.2) is 0 Å². The number of carbonyl (C=O) groups is 2. The monoisotopic (exact) mass is 372 g/mol. The molecule has 6 nitrogen and oxygen atoms in total. The quantitative estimate of drug-likeness (QED) is 0.288. The normalized spacial score (nSPS) is 10.4. The van der Waals surface area contributed by atoms with Crippen molar-refractivity contribution < 1.29 is 14.5 Å². The van der Waals surface area contributed by atoms with Gasteiger partial charge in [-0.15, -0.1) is 11.3 Å². The molecule has 0 aliphatic heterocycles. The highest BCUT2D eigenvalue weighted by Crippen LogP contribution is 2.30. The summed E-state index contributed by atoms with van der Waals surface area (Å²) in [5.41, 5.74) is 0.759. The molecule has 2 aromatic carbocycles. The predicted molar refractivity (Wildman–Crippen MR) is 94.3 cm³/mol. The minimum atomic E-state index is -0.773. The third-order valence-corrected chi connectivity index (χ3v) is 4.79. The number of non-ortho nitro benzene ring substituents is 1. The van der Waals surface area contributed by atoms with Crippen LogP contribution in [0.1, 0.15) is 25.7 Å². The second kappa shape index (κ2) is 6.92. The summed E-state index contributed by atoms with van der Waals surface area (Å²) in [6, 6.07) is 14.2. The summed E-state index contributed by atoms with van der Waals surface area (Å²) in [7, 11) is 0. The van der Waals surface area contributed by atoms with Crippen molar-refractivity contribution in [2.45, 2.75) is 0 Å². The molecule has 0 aliphatic rings. The predicted octanol–water partition coefficient (Wildman–Crippen LogP) is 4.33. The van der Waals surface area contributed by atoms with Crippen molar-refractivity contribution >= 4 is 39.7 Å². The first-order chi connectivity index (χ1) is 12.0. The number of carbonyl (C=O) groups excluding carboxylic acids is 2. The van der Waals surface area contributed by atoms with Crippen LogP contribution in [0.15, 0.2) is 54.6 Å². The highest BCUT2D eigenvalue weighted by atomic mass is 35.5. The molecular weight excluding hydrogens is 364 g/mol. The standard InChI is InChI=1S/C17H9ClN2O4S/c18-16(22)15-13(19-17(25-15)11-4-2-1-3-5-11)14(21)10-6-8-12(9-7-10)20(23)24/h1-9H. The molecule has 0 spiro atoms. The van der Waals surface area contributed by atoms with E-state index < -0.39 is 15.9 Å². The van der Waals surface area contributed by atoms with Gasteiger partial charge in [0.25, 0.3) is 10.9 Å². The zero-order valence-electron chi connectivity index (χ0n) is 12.5. The lowest BCUT2D eigenvalue weighted by Gasteiger charge is -1.99. The van der Waals surface area contributed by atoms with Gasteiger partial charge in [0, 0.05) is 23.3 Å². The number of halogens is 1. The smallest absolute Gasteiger partial charge is 0.269 e. The van der Waals surface area contributed by atoms with E-state index in [1.54, 1.807) is 12.1 Å². The molecule has 8 heteroatoms. The molecule has 0 N–H and O–H groups in total. The molecule has 124 valence electrons. The van der Waals surface area contributed by atoms with Crippen LogP contribution < -0.4 is 0 Å². The lowest BCUT2D eigenvalue weighted by molar-refractivity contribution is -0.384. The van der Waals surface area contributed by atoms with Crippen LogP contribution in [0.2, 0.25) is 0 Å². The summed E-state index contributed by atoms with van der Waals surface area (Å²) >= 11 is 6.63. The largest absolute Gasteiger partial charge is 0.287 e. The minimum absolute atomic E-state index is 0.0453. The van der Waals surface area contributed by atoms with Crippen LogP contribution in [0.4, 0.5) is 5.69 Å². The molecular formula is C17H9ClN2O4S. The first kappa shape index (κ1) is 16.9. The molecule has 3 aromatic rings. The van der Waals surface area contributed by atoms with Crippen molar-refractivity contribution in [3.05, 3.63) is 80.8 Å². The van der Waals surface area contributed by atoms with Gasteiger partial charge in [-0.25, -0.2) is 4.98 Å². The summed E-state index contributed by atoms with van der Waals surface area (Å²) in [4.78, 5) is 38.8. The van der Waals surface area contributed by atoms with E-state index in [0.29, 0.717) is 5.01 Å². The summed E-state index contributed by atoms with van der Waals surface area (Å²) in [5, 5.41) is 10.4. The van der Waals surface area contributed by atoms with Crippen LogP contribution in [0.3, 0.4) is 0 Å². The third-order valence-electron chi connectivity index (χ3n) is 3.38.